The van der Waals surface area contributed by atoms with E-state index in [1.54, 1.807) is 35.8 Å². The summed E-state index contributed by atoms with van der Waals surface area (Å²) < 4.78 is 58.9. The molecule has 0 amide bonds. The van der Waals surface area contributed by atoms with E-state index in [0.29, 0.717) is 59.6 Å². The Bertz CT molecular complexity index is 1480. The Morgan fingerprint density at radius 1 is 1.24 bits per heavy atom. The minimum Gasteiger partial charge on any atom is -0.493 e. The number of nitro groups is 1. The molecule has 0 spiro atoms. The molecule has 10 nitrogen and oxygen atoms in total. The molecule has 0 bridgehead atoms. The largest absolute Gasteiger partial charge is 0.493 e. The molecule has 1 saturated heterocycles. The number of aromatic nitrogens is 3. The van der Waals surface area contributed by atoms with Crippen molar-refractivity contribution < 1.29 is 32.3 Å². The lowest BCUT2D eigenvalue weighted by Gasteiger charge is -2.20. The second-order valence-corrected chi connectivity index (χ2v) is 8.62. The smallest absolute Gasteiger partial charge is 0.416 e. The zero-order chi connectivity index (χ0) is 26.3. The number of hydrogen-bond donors (Lipinski definition) is 1. The Labute approximate surface area is 208 Å². The van der Waals surface area contributed by atoms with Gasteiger partial charge in [-0.2, -0.15) is 18.3 Å². The van der Waals surface area contributed by atoms with Gasteiger partial charge in [0.2, 0.25) is 0 Å². The second-order valence-electron chi connectivity index (χ2n) is 8.62. The van der Waals surface area contributed by atoms with Crippen LogP contribution in [-0.4, -0.2) is 45.9 Å². The van der Waals surface area contributed by atoms with Gasteiger partial charge in [0.25, 0.3) is 5.69 Å². The molecule has 0 aliphatic carbocycles. The lowest BCUT2D eigenvalue weighted by molar-refractivity contribution is -0.385. The predicted octanol–water partition coefficient (Wildman–Crippen LogP) is 5.16. The van der Waals surface area contributed by atoms with Crippen molar-refractivity contribution in [2.24, 2.45) is 0 Å². The number of ether oxygens (including phenoxy) is 3. The predicted molar refractivity (Wildman–Crippen MR) is 127 cm³/mol. The monoisotopic (exact) mass is 517 g/mol. The summed E-state index contributed by atoms with van der Waals surface area (Å²) in [5.41, 5.74) is -0.572. The number of non-ortho nitro benzene ring substituents is 1. The van der Waals surface area contributed by atoms with Crippen LogP contribution in [0.2, 0.25) is 0 Å². The maximum Gasteiger partial charge on any atom is 0.416 e. The maximum atomic E-state index is 13.4. The summed E-state index contributed by atoms with van der Waals surface area (Å²) in [4.78, 5) is 15.1. The normalized spacial score (nSPS) is 16.7. The molecule has 2 atom stereocenters. The summed E-state index contributed by atoms with van der Waals surface area (Å²) >= 11 is 0. The van der Waals surface area contributed by atoms with Gasteiger partial charge < -0.3 is 19.5 Å². The van der Waals surface area contributed by atoms with Crippen LogP contribution < -0.4 is 14.8 Å². The van der Waals surface area contributed by atoms with Crippen molar-refractivity contribution in [2.75, 3.05) is 25.6 Å². The van der Waals surface area contributed by atoms with Gasteiger partial charge in [-0.3, -0.25) is 10.1 Å². The standard InChI is InChI=1S/C24H22F3N5O5/c1-13(14-7-15(24(25,26)27)9-16(8-14)32(33)34)29-23-18-10-21(37-17-4-6-36-12-17)20(35-2)11-19(18)31-22(30-23)3-5-28-31/h3,5,7-11,13,17H,4,6,12H2,1-2H3,(H,29,30)/t13-,17+/m1/s1. The molecule has 0 unspecified atom stereocenters. The highest BCUT2D eigenvalue weighted by molar-refractivity contribution is 5.94. The number of rotatable bonds is 7. The minimum absolute atomic E-state index is 0.0814. The highest BCUT2D eigenvalue weighted by atomic mass is 19.4. The molecule has 0 radical (unpaired) electrons. The van der Waals surface area contributed by atoms with Gasteiger partial charge in [0.15, 0.2) is 17.1 Å². The molecule has 37 heavy (non-hydrogen) atoms. The Morgan fingerprint density at radius 2 is 2.05 bits per heavy atom. The number of methoxy groups -OCH3 is 1. The van der Waals surface area contributed by atoms with E-state index in [1.807, 2.05) is 0 Å². The molecule has 1 N–H and O–H groups in total. The summed E-state index contributed by atoms with van der Waals surface area (Å²) in [6.45, 7) is 2.63. The SMILES string of the molecule is COc1cc2c(cc1O[C@H]1CCOC1)c(N[C@H](C)c1cc([N+](=O)[O-])cc(C(F)(F)F)c1)nc1ccnn12. The molecule has 194 valence electrons. The highest BCUT2D eigenvalue weighted by Gasteiger charge is 2.33. The van der Waals surface area contributed by atoms with Gasteiger partial charge in [-0.05, 0) is 24.6 Å². The molecule has 1 aliphatic rings. The number of hydrogen-bond acceptors (Lipinski definition) is 8. The van der Waals surface area contributed by atoms with Crippen LogP contribution in [0.3, 0.4) is 0 Å². The topological polar surface area (TPSA) is 113 Å². The summed E-state index contributed by atoms with van der Waals surface area (Å²) in [5.74, 6) is 1.25. The number of anilines is 1. The molecule has 2 aromatic heterocycles. The van der Waals surface area contributed by atoms with E-state index < -0.39 is 28.4 Å². The molecular weight excluding hydrogens is 495 g/mol. The number of nitrogens with one attached hydrogen (secondary N) is 1. The molecule has 0 saturated carbocycles. The van der Waals surface area contributed by atoms with Crippen molar-refractivity contribution in [2.45, 2.75) is 31.7 Å². The zero-order valence-corrected chi connectivity index (χ0v) is 19.8. The number of benzene rings is 2. The van der Waals surface area contributed by atoms with Gasteiger partial charge in [0.05, 0.1) is 48.6 Å². The number of halogens is 3. The first-order valence-electron chi connectivity index (χ1n) is 11.4. The van der Waals surface area contributed by atoms with Crippen LogP contribution in [-0.2, 0) is 10.9 Å². The highest BCUT2D eigenvalue weighted by Crippen LogP contribution is 2.38. The lowest BCUT2D eigenvalue weighted by Crippen LogP contribution is -2.16. The van der Waals surface area contributed by atoms with E-state index >= 15 is 0 Å². The summed E-state index contributed by atoms with van der Waals surface area (Å²) in [5, 5.41) is 19.3. The Hall–Kier alpha value is -4.13. The van der Waals surface area contributed by atoms with Crippen LogP contribution in [0, 0.1) is 10.1 Å². The van der Waals surface area contributed by atoms with Crippen molar-refractivity contribution in [1.29, 1.82) is 0 Å². The second kappa shape index (κ2) is 9.39. The lowest BCUT2D eigenvalue weighted by atomic mass is 10.0. The molecule has 4 aromatic rings. The first kappa shape index (κ1) is 24.6. The fourth-order valence-corrected chi connectivity index (χ4v) is 4.24. The van der Waals surface area contributed by atoms with Crippen LogP contribution in [0.1, 0.15) is 30.5 Å². The number of nitrogens with zero attached hydrogens (tertiary/aromatic N) is 4. The average molecular weight is 517 g/mol. The number of nitro benzene ring substituents is 1. The summed E-state index contributed by atoms with van der Waals surface area (Å²) in [7, 11) is 1.52. The van der Waals surface area contributed by atoms with Crippen LogP contribution in [0.5, 0.6) is 11.5 Å². The van der Waals surface area contributed by atoms with Gasteiger partial charge >= 0.3 is 6.18 Å². The van der Waals surface area contributed by atoms with E-state index in [9.17, 15) is 23.3 Å². The van der Waals surface area contributed by atoms with Crippen LogP contribution in [0.15, 0.2) is 42.6 Å². The van der Waals surface area contributed by atoms with E-state index in [1.165, 1.54) is 7.11 Å². The van der Waals surface area contributed by atoms with Gasteiger partial charge in [0, 0.05) is 36.1 Å². The van der Waals surface area contributed by atoms with Crippen molar-refractivity contribution >= 4 is 28.1 Å². The van der Waals surface area contributed by atoms with E-state index in [-0.39, 0.29) is 11.7 Å². The van der Waals surface area contributed by atoms with Gasteiger partial charge in [0.1, 0.15) is 11.9 Å². The summed E-state index contributed by atoms with van der Waals surface area (Å²) in [6.07, 6.45) is -2.62. The van der Waals surface area contributed by atoms with Crippen molar-refractivity contribution in [1.82, 2.24) is 14.6 Å². The van der Waals surface area contributed by atoms with Crippen molar-refractivity contribution in [3.63, 3.8) is 0 Å². The average Bonchev–Trinajstić information content (AvgIpc) is 3.55. The molecule has 1 fully saturated rings. The quantitative estimate of drug-likeness (QED) is 0.264. The Balaban J connectivity index is 1.60. The zero-order valence-electron chi connectivity index (χ0n) is 19.8. The third kappa shape index (κ3) is 4.81. The van der Waals surface area contributed by atoms with E-state index in [0.717, 1.165) is 12.1 Å². The molecule has 1 aliphatic heterocycles. The van der Waals surface area contributed by atoms with Crippen LogP contribution in [0.25, 0.3) is 16.6 Å². The number of fused-ring (bicyclic) bond motifs is 3. The first-order chi connectivity index (χ1) is 17.6. The van der Waals surface area contributed by atoms with Gasteiger partial charge in [-0.15, -0.1) is 0 Å². The molecule has 5 rings (SSSR count). The fraction of sp³-hybridized carbons (Fsp3) is 0.333. The van der Waals surface area contributed by atoms with Gasteiger partial charge in [-0.25, -0.2) is 9.50 Å². The fourth-order valence-electron chi connectivity index (χ4n) is 4.24. The minimum atomic E-state index is -4.74. The molecule has 13 heteroatoms. The van der Waals surface area contributed by atoms with E-state index in [2.05, 4.69) is 15.4 Å². The first-order valence-corrected chi connectivity index (χ1v) is 11.4. The number of alkyl halides is 3. The molecule has 2 aromatic carbocycles. The van der Waals surface area contributed by atoms with Crippen LogP contribution in [0.4, 0.5) is 24.7 Å². The summed E-state index contributed by atoms with van der Waals surface area (Å²) in [6, 6.07) is 6.91. The third-order valence-corrected chi connectivity index (χ3v) is 6.13. The van der Waals surface area contributed by atoms with Crippen molar-refractivity contribution in [3.05, 3.63) is 63.8 Å². The maximum absolute atomic E-state index is 13.4. The molecular formula is C24H22F3N5O5. The Morgan fingerprint density at radius 3 is 2.73 bits per heavy atom. The van der Waals surface area contributed by atoms with Gasteiger partial charge in [-0.1, -0.05) is 0 Å². The van der Waals surface area contributed by atoms with Crippen LogP contribution >= 0.6 is 0 Å². The Kier molecular flexibility index (Phi) is 6.23. The van der Waals surface area contributed by atoms with Crippen molar-refractivity contribution in [3.8, 4) is 11.5 Å². The molecule has 3 heterocycles. The third-order valence-electron chi connectivity index (χ3n) is 6.13. The van der Waals surface area contributed by atoms with E-state index in [4.69, 9.17) is 14.2 Å².